The third-order valence-electron chi connectivity index (χ3n) is 6.06. The molecule has 1 aliphatic carbocycles. The first-order chi connectivity index (χ1) is 12.6. The monoisotopic (exact) mass is 347 g/mol. The molecule has 134 valence electrons. The van der Waals surface area contributed by atoms with Crippen LogP contribution >= 0.6 is 0 Å². The summed E-state index contributed by atoms with van der Waals surface area (Å²) in [7, 11) is 0. The van der Waals surface area contributed by atoms with Crippen LogP contribution in [0.3, 0.4) is 0 Å². The normalized spacial score (nSPS) is 21.0. The average Bonchev–Trinajstić information content (AvgIpc) is 3.33. The fourth-order valence-corrected chi connectivity index (χ4v) is 4.65. The minimum Gasteiger partial charge on any atom is -0.435 e. The molecule has 4 heteroatoms. The van der Waals surface area contributed by atoms with Gasteiger partial charge in [0.15, 0.2) is 5.58 Å². The van der Waals surface area contributed by atoms with Crippen LogP contribution in [0.4, 0.5) is 5.69 Å². The third kappa shape index (κ3) is 2.24. The molecule has 3 heterocycles. The van der Waals surface area contributed by atoms with Gasteiger partial charge in [-0.3, -0.25) is 0 Å². The van der Waals surface area contributed by atoms with Gasteiger partial charge in [0.25, 0.3) is 0 Å². The van der Waals surface area contributed by atoms with Crippen LogP contribution in [-0.2, 0) is 0 Å². The Labute approximate surface area is 154 Å². The summed E-state index contributed by atoms with van der Waals surface area (Å²) < 4.78 is 6.26. The van der Waals surface area contributed by atoms with Crippen LogP contribution in [0.2, 0.25) is 0 Å². The molecule has 1 aromatic carbocycles. The number of nitrogens with zero attached hydrogens (tertiary/aromatic N) is 3. The molecule has 1 aliphatic heterocycles. The number of furan rings is 1. The van der Waals surface area contributed by atoms with Crippen molar-refractivity contribution in [2.24, 2.45) is 0 Å². The highest BCUT2D eigenvalue weighted by Crippen LogP contribution is 2.40. The number of hydrogen-bond donors (Lipinski definition) is 0. The molecule has 5 rings (SSSR count). The van der Waals surface area contributed by atoms with Crippen molar-refractivity contribution in [1.82, 2.24) is 9.88 Å². The van der Waals surface area contributed by atoms with Crippen molar-refractivity contribution in [3.05, 3.63) is 47.9 Å². The number of pyridine rings is 1. The summed E-state index contributed by atoms with van der Waals surface area (Å²) in [6.45, 7) is 6.46. The Balaban J connectivity index is 1.63. The van der Waals surface area contributed by atoms with Gasteiger partial charge < -0.3 is 14.2 Å². The Kier molecular flexibility index (Phi) is 3.49. The van der Waals surface area contributed by atoms with Crippen LogP contribution < -0.4 is 4.90 Å². The first-order valence-electron chi connectivity index (χ1n) is 9.67. The van der Waals surface area contributed by atoms with Gasteiger partial charge >= 0.3 is 0 Å². The highest BCUT2D eigenvalue weighted by Gasteiger charge is 2.32. The van der Waals surface area contributed by atoms with Gasteiger partial charge in [0.1, 0.15) is 6.17 Å². The van der Waals surface area contributed by atoms with Crippen LogP contribution in [0.1, 0.15) is 43.9 Å². The predicted octanol–water partition coefficient (Wildman–Crippen LogP) is 5.48. The van der Waals surface area contributed by atoms with Gasteiger partial charge in [0.05, 0.1) is 5.69 Å². The maximum absolute atomic E-state index is 6.26. The van der Waals surface area contributed by atoms with Crippen molar-refractivity contribution in [2.45, 2.75) is 58.7 Å². The molecule has 2 aliphatic rings. The zero-order chi connectivity index (χ0) is 17.8. The lowest BCUT2D eigenvalue weighted by Gasteiger charge is -2.34. The molecule has 0 unspecified atom stereocenters. The Morgan fingerprint density at radius 2 is 1.77 bits per heavy atom. The van der Waals surface area contributed by atoms with Crippen LogP contribution in [0.5, 0.6) is 0 Å². The van der Waals surface area contributed by atoms with Crippen LogP contribution in [0, 0.1) is 13.8 Å². The van der Waals surface area contributed by atoms with Gasteiger partial charge in [0.2, 0.25) is 5.71 Å². The zero-order valence-corrected chi connectivity index (χ0v) is 15.7. The van der Waals surface area contributed by atoms with Gasteiger partial charge in [-0.25, -0.2) is 4.98 Å². The number of aryl methyl sites for hydroxylation is 2. The summed E-state index contributed by atoms with van der Waals surface area (Å²) in [5.74, 6) is 0. The van der Waals surface area contributed by atoms with E-state index in [0.717, 1.165) is 27.8 Å². The van der Waals surface area contributed by atoms with Crippen LogP contribution in [0.25, 0.3) is 22.1 Å². The van der Waals surface area contributed by atoms with Gasteiger partial charge in [0, 0.05) is 34.9 Å². The summed E-state index contributed by atoms with van der Waals surface area (Å²) in [4.78, 5) is 9.48. The molecule has 1 fully saturated rings. The van der Waals surface area contributed by atoms with Gasteiger partial charge in [-0.2, -0.15) is 0 Å². The lowest BCUT2D eigenvalue weighted by Crippen LogP contribution is -2.41. The Morgan fingerprint density at radius 3 is 2.58 bits per heavy atom. The molecule has 1 saturated carbocycles. The third-order valence-corrected chi connectivity index (χ3v) is 6.06. The van der Waals surface area contributed by atoms with Gasteiger partial charge in [-0.15, -0.1) is 0 Å². The molecular weight excluding hydrogens is 322 g/mol. The van der Waals surface area contributed by atoms with Crippen molar-refractivity contribution in [3.8, 4) is 0 Å². The molecule has 4 nitrogen and oxygen atoms in total. The van der Waals surface area contributed by atoms with E-state index in [1.807, 2.05) is 6.92 Å². The van der Waals surface area contributed by atoms with E-state index < -0.39 is 0 Å². The smallest absolute Gasteiger partial charge is 0.227 e. The maximum atomic E-state index is 6.26. The molecule has 0 amide bonds. The van der Waals surface area contributed by atoms with E-state index in [4.69, 9.17) is 4.42 Å². The summed E-state index contributed by atoms with van der Waals surface area (Å²) in [6, 6.07) is 9.21. The molecule has 2 aromatic heterocycles. The van der Waals surface area contributed by atoms with E-state index in [1.54, 1.807) is 0 Å². The SMILES string of the molecule is Cc1ccc2c(n1)oc1c(N3C=CN(C4CCCC4)[C@@H]3C)c(C)ccc12. The van der Waals surface area contributed by atoms with Gasteiger partial charge in [-0.05, 0) is 51.3 Å². The number of aromatic nitrogens is 1. The van der Waals surface area contributed by atoms with Crippen molar-refractivity contribution >= 4 is 27.8 Å². The molecule has 0 N–H and O–H groups in total. The summed E-state index contributed by atoms with van der Waals surface area (Å²) in [6.07, 6.45) is 10.1. The summed E-state index contributed by atoms with van der Waals surface area (Å²) in [5, 5.41) is 2.24. The maximum Gasteiger partial charge on any atom is 0.227 e. The van der Waals surface area contributed by atoms with E-state index in [2.05, 4.69) is 65.3 Å². The Morgan fingerprint density at radius 1 is 1.00 bits per heavy atom. The number of anilines is 1. The minimum absolute atomic E-state index is 0.310. The van der Waals surface area contributed by atoms with E-state index in [9.17, 15) is 0 Å². The van der Waals surface area contributed by atoms with Gasteiger partial charge in [-0.1, -0.05) is 25.0 Å². The first-order valence-corrected chi connectivity index (χ1v) is 9.67. The number of rotatable bonds is 2. The molecule has 0 saturated heterocycles. The zero-order valence-electron chi connectivity index (χ0n) is 15.7. The second kappa shape index (κ2) is 5.76. The number of fused-ring (bicyclic) bond motifs is 3. The topological polar surface area (TPSA) is 32.5 Å². The number of hydrogen-bond acceptors (Lipinski definition) is 4. The molecule has 26 heavy (non-hydrogen) atoms. The van der Waals surface area contributed by atoms with Crippen LogP contribution in [-0.4, -0.2) is 22.1 Å². The largest absolute Gasteiger partial charge is 0.435 e. The van der Waals surface area contributed by atoms with E-state index >= 15 is 0 Å². The van der Waals surface area contributed by atoms with Crippen molar-refractivity contribution in [3.63, 3.8) is 0 Å². The summed E-state index contributed by atoms with van der Waals surface area (Å²) in [5.41, 5.74) is 5.07. The molecule has 0 radical (unpaired) electrons. The van der Waals surface area contributed by atoms with E-state index in [1.165, 1.54) is 36.9 Å². The lowest BCUT2D eigenvalue weighted by atomic mass is 10.1. The molecule has 3 aromatic rings. The van der Waals surface area contributed by atoms with Crippen molar-refractivity contribution in [1.29, 1.82) is 0 Å². The highest BCUT2D eigenvalue weighted by molar-refractivity contribution is 6.08. The molecule has 0 bridgehead atoms. The quantitative estimate of drug-likeness (QED) is 0.614. The molecule has 0 spiro atoms. The minimum atomic E-state index is 0.310. The first kappa shape index (κ1) is 15.7. The fraction of sp³-hybridized carbons (Fsp3) is 0.409. The van der Waals surface area contributed by atoms with Crippen LogP contribution in [0.15, 0.2) is 41.1 Å². The fourth-order valence-electron chi connectivity index (χ4n) is 4.65. The van der Waals surface area contributed by atoms with E-state index in [-0.39, 0.29) is 0 Å². The second-order valence-corrected chi connectivity index (χ2v) is 7.74. The van der Waals surface area contributed by atoms with Crippen molar-refractivity contribution < 1.29 is 4.42 Å². The lowest BCUT2D eigenvalue weighted by molar-refractivity contribution is 0.237. The highest BCUT2D eigenvalue weighted by atomic mass is 16.3. The number of benzene rings is 1. The summed E-state index contributed by atoms with van der Waals surface area (Å²) >= 11 is 0. The molecule has 1 atom stereocenters. The average molecular weight is 347 g/mol. The molecular formula is C22H25N3O. The second-order valence-electron chi connectivity index (χ2n) is 7.74. The Hall–Kier alpha value is -2.49. The Bertz CT molecular complexity index is 1010. The van der Waals surface area contributed by atoms with Crippen molar-refractivity contribution in [2.75, 3.05) is 4.90 Å². The predicted molar refractivity (Wildman–Crippen MR) is 106 cm³/mol. The van der Waals surface area contributed by atoms with E-state index in [0.29, 0.717) is 12.2 Å². The standard InChI is InChI=1S/C22H25N3O/c1-14-8-10-18-19-11-9-15(2)23-22(19)26-21(18)20(14)25-13-12-24(16(25)3)17-6-4-5-7-17/h8-13,16-17H,4-7H2,1-3H3/t16-/m0/s1.